The van der Waals surface area contributed by atoms with E-state index in [0.29, 0.717) is 13.0 Å². The van der Waals surface area contributed by atoms with Crippen LogP contribution >= 0.6 is 0 Å². The number of aliphatic carboxylic acids is 1. The van der Waals surface area contributed by atoms with Crippen LogP contribution in [0.1, 0.15) is 16.7 Å². The average Bonchev–Trinajstić information content (AvgIpc) is 2.70. The Labute approximate surface area is 160 Å². The minimum atomic E-state index is -0.745. The largest absolute Gasteiger partial charge is 0.481 e. The second-order valence-corrected chi connectivity index (χ2v) is 6.87. The fourth-order valence-electron chi connectivity index (χ4n) is 3.31. The molecule has 0 aliphatic rings. The maximum atomic E-state index is 11.9. The summed E-state index contributed by atoms with van der Waals surface area (Å²) in [4.78, 5) is 14.1. The molecule has 3 aromatic carbocycles. The summed E-state index contributed by atoms with van der Waals surface area (Å²) in [7, 11) is 0. The molecule has 0 aliphatic carbocycles. The molecule has 3 aromatic rings. The summed E-state index contributed by atoms with van der Waals surface area (Å²) in [5, 5.41) is 9.79. The van der Waals surface area contributed by atoms with E-state index in [-0.39, 0.29) is 0 Å². The molecule has 0 saturated carbocycles. The van der Waals surface area contributed by atoms with Gasteiger partial charge in [0.25, 0.3) is 0 Å². The Kier molecular flexibility index (Phi) is 6.78. The first-order chi connectivity index (χ1) is 13.2. The van der Waals surface area contributed by atoms with Gasteiger partial charge in [-0.15, -0.1) is 0 Å². The van der Waals surface area contributed by atoms with E-state index in [2.05, 4.69) is 29.2 Å². The average molecular weight is 359 g/mol. The number of benzene rings is 3. The molecule has 3 heteroatoms. The third-order valence-electron chi connectivity index (χ3n) is 4.65. The van der Waals surface area contributed by atoms with Crippen molar-refractivity contribution in [3.8, 4) is 0 Å². The number of carboxylic acids is 1. The Hall–Kier alpha value is -2.91. The molecule has 3 nitrogen and oxygen atoms in total. The minimum absolute atomic E-state index is 0.445. The molecule has 0 heterocycles. The molecule has 1 atom stereocenters. The fraction of sp³-hybridized carbons (Fsp3) is 0.208. The number of carbonyl (C=O) groups is 1. The van der Waals surface area contributed by atoms with Crippen LogP contribution in [0.25, 0.3) is 0 Å². The first-order valence-electron chi connectivity index (χ1n) is 9.27. The van der Waals surface area contributed by atoms with Crippen LogP contribution in [-0.4, -0.2) is 22.5 Å². The van der Waals surface area contributed by atoms with Crippen molar-refractivity contribution in [3.63, 3.8) is 0 Å². The highest BCUT2D eigenvalue weighted by atomic mass is 16.4. The fourth-order valence-corrected chi connectivity index (χ4v) is 3.31. The van der Waals surface area contributed by atoms with Crippen molar-refractivity contribution in [1.82, 2.24) is 4.90 Å². The van der Waals surface area contributed by atoms with Crippen LogP contribution in [-0.2, 0) is 24.3 Å². The molecule has 0 radical (unpaired) electrons. The van der Waals surface area contributed by atoms with Gasteiger partial charge in [-0.2, -0.15) is 0 Å². The highest BCUT2D eigenvalue weighted by molar-refractivity contribution is 5.70. The molecule has 0 spiro atoms. The van der Waals surface area contributed by atoms with Gasteiger partial charge < -0.3 is 5.11 Å². The number of hydrogen-bond donors (Lipinski definition) is 1. The lowest BCUT2D eigenvalue weighted by Gasteiger charge is -2.26. The van der Waals surface area contributed by atoms with Crippen molar-refractivity contribution in [2.45, 2.75) is 19.5 Å². The zero-order valence-electron chi connectivity index (χ0n) is 15.4. The molecule has 0 amide bonds. The van der Waals surface area contributed by atoms with E-state index >= 15 is 0 Å². The van der Waals surface area contributed by atoms with Gasteiger partial charge in [-0.3, -0.25) is 9.69 Å². The normalized spacial score (nSPS) is 12.0. The van der Waals surface area contributed by atoms with Gasteiger partial charge in [-0.05, 0) is 23.1 Å². The summed E-state index contributed by atoms with van der Waals surface area (Å²) in [6.45, 7) is 1.97. The van der Waals surface area contributed by atoms with E-state index in [1.807, 2.05) is 66.7 Å². The molecule has 0 unspecified atom stereocenters. The van der Waals surface area contributed by atoms with Crippen molar-refractivity contribution < 1.29 is 9.90 Å². The SMILES string of the molecule is O=C(O)[C@H](Cc1ccccc1)CN(Cc1ccccc1)Cc1ccccc1. The number of hydrogen-bond acceptors (Lipinski definition) is 2. The Morgan fingerprint density at radius 1 is 0.704 bits per heavy atom. The predicted octanol–water partition coefficient (Wildman–Crippen LogP) is 4.63. The number of carboxylic acid groups (broad SMARTS) is 1. The maximum absolute atomic E-state index is 11.9. The van der Waals surface area contributed by atoms with Crippen molar-refractivity contribution in [3.05, 3.63) is 108 Å². The van der Waals surface area contributed by atoms with Crippen LogP contribution in [0, 0.1) is 5.92 Å². The third kappa shape index (κ3) is 6.08. The first kappa shape index (κ1) is 18.9. The van der Waals surface area contributed by atoms with E-state index in [4.69, 9.17) is 0 Å². The molecule has 27 heavy (non-hydrogen) atoms. The molecule has 0 bridgehead atoms. The number of nitrogens with zero attached hydrogens (tertiary/aromatic N) is 1. The van der Waals surface area contributed by atoms with Crippen molar-refractivity contribution in [1.29, 1.82) is 0 Å². The van der Waals surface area contributed by atoms with Gasteiger partial charge in [0.1, 0.15) is 0 Å². The monoisotopic (exact) mass is 359 g/mol. The van der Waals surface area contributed by atoms with Gasteiger partial charge in [-0.25, -0.2) is 0 Å². The van der Waals surface area contributed by atoms with Gasteiger partial charge in [0, 0.05) is 19.6 Å². The molecule has 138 valence electrons. The summed E-state index contributed by atoms with van der Waals surface area (Å²) in [5.74, 6) is -1.19. The molecular formula is C24H25NO2. The van der Waals surface area contributed by atoms with Crippen LogP contribution in [0.5, 0.6) is 0 Å². The third-order valence-corrected chi connectivity index (χ3v) is 4.65. The lowest BCUT2D eigenvalue weighted by Crippen LogP contribution is -2.33. The lowest BCUT2D eigenvalue weighted by atomic mass is 9.98. The van der Waals surface area contributed by atoms with E-state index in [9.17, 15) is 9.90 Å². The summed E-state index contributed by atoms with van der Waals surface area (Å²) in [6.07, 6.45) is 0.538. The molecule has 0 fully saturated rings. The molecule has 3 rings (SSSR count). The Balaban J connectivity index is 1.76. The van der Waals surface area contributed by atoms with E-state index in [0.717, 1.165) is 18.7 Å². The topological polar surface area (TPSA) is 40.5 Å². The van der Waals surface area contributed by atoms with E-state index in [1.54, 1.807) is 0 Å². The minimum Gasteiger partial charge on any atom is -0.481 e. The smallest absolute Gasteiger partial charge is 0.308 e. The predicted molar refractivity (Wildman–Crippen MR) is 108 cm³/mol. The van der Waals surface area contributed by atoms with Gasteiger partial charge in [0.05, 0.1) is 5.92 Å². The first-order valence-corrected chi connectivity index (χ1v) is 9.27. The summed E-state index contributed by atoms with van der Waals surface area (Å²) >= 11 is 0. The standard InChI is InChI=1S/C24H25NO2/c26-24(27)23(16-20-10-4-1-5-11-20)19-25(17-21-12-6-2-7-13-21)18-22-14-8-3-9-15-22/h1-15,23H,16-19H2,(H,26,27)/t23-/m1/s1. The lowest BCUT2D eigenvalue weighted by molar-refractivity contribution is -0.142. The Morgan fingerprint density at radius 3 is 1.52 bits per heavy atom. The molecular weight excluding hydrogens is 334 g/mol. The summed E-state index contributed by atoms with van der Waals surface area (Å²) < 4.78 is 0. The van der Waals surface area contributed by atoms with Crippen molar-refractivity contribution >= 4 is 5.97 Å². The summed E-state index contributed by atoms with van der Waals surface area (Å²) in [6, 6.07) is 30.3. The highest BCUT2D eigenvalue weighted by Gasteiger charge is 2.22. The van der Waals surface area contributed by atoms with Gasteiger partial charge in [0.2, 0.25) is 0 Å². The Bertz CT molecular complexity index is 777. The van der Waals surface area contributed by atoms with E-state index in [1.165, 1.54) is 11.1 Å². The van der Waals surface area contributed by atoms with Crippen LogP contribution in [0.3, 0.4) is 0 Å². The Morgan fingerprint density at radius 2 is 1.11 bits per heavy atom. The maximum Gasteiger partial charge on any atom is 0.308 e. The van der Waals surface area contributed by atoms with Crippen LogP contribution in [0.15, 0.2) is 91.0 Å². The van der Waals surface area contributed by atoms with Crippen LogP contribution < -0.4 is 0 Å². The molecule has 0 aliphatic heterocycles. The molecule has 1 N–H and O–H groups in total. The second-order valence-electron chi connectivity index (χ2n) is 6.87. The van der Waals surface area contributed by atoms with Gasteiger partial charge in [0.15, 0.2) is 0 Å². The van der Waals surface area contributed by atoms with Crippen molar-refractivity contribution in [2.75, 3.05) is 6.54 Å². The zero-order valence-corrected chi connectivity index (χ0v) is 15.4. The molecule has 0 aromatic heterocycles. The van der Waals surface area contributed by atoms with E-state index < -0.39 is 11.9 Å². The van der Waals surface area contributed by atoms with Gasteiger partial charge >= 0.3 is 5.97 Å². The van der Waals surface area contributed by atoms with Crippen LogP contribution in [0.2, 0.25) is 0 Å². The number of rotatable bonds is 9. The molecule has 0 saturated heterocycles. The van der Waals surface area contributed by atoms with Crippen molar-refractivity contribution in [2.24, 2.45) is 5.92 Å². The second kappa shape index (κ2) is 9.70. The quantitative estimate of drug-likeness (QED) is 0.605. The van der Waals surface area contributed by atoms with Crippen LogP contribution in [0.4, 0.5) is 0 Å². The summed E-state index contributed by atoms with van der Waals surface area (Å²) in [5.41, 5.74) is 3.44. The van der Waals surface area contributed by atoms with Gasteiger partial charge in [-0.1, -0.05) is 91.0 Å². The highest BCUT2D eigenvalue weighted by Crippen LogP contribution is 2.16. The zero-order chi connectivity index (χ0) is 18.9.